The van der Waals surface area contributed by atoms with Gasteiger partial charge < -0.3 is 13.9 Å². The minimum absolute atomic E-state index is 0.311. The van der Waals surface area contributed by atoms with Gasteiger partial charge in [0.25, 0.3) is 5.79 Å². The quantitative estimate of drug-likeness (QED) is 0.137. The third-order valence-electron chi connectivity index (χ3n) is 7.46. The number of benzene rings is 3. The van der Waals surface area contributed by atoms with E-state index in [4.69, 9.17) is 37.1 Å². The van der Waals surface area contributed by atoms with Crippen molar-refractivity contribution in [3.8, 4) is 5.75 Å². The number of aryl methyl sites for hydroxylation is 1. The Balaban J connectivity index is 1.70. The van der Waals surface area contributed by atoms with Crippen molar-refractivity contribution < 1.29 is 27.1 Å². The fourth-order valence-electron chi connectivity index (χ4n) is 5.07. The highest BCUT2D eigenvalue weighted by Gasteiger charge is 2.63. The van der Waals surface area contributed by atoms with Gasteiger partial charge in [-0.15, -0.1) is 0 Å². The first-order valence-electron chi connectivity index (χ1n) is 13.8. The molecule has 2 atom stereocenters. The summed E-state index contributed by atoms with van der Waals surface area (Å²) < 4.78 is 58.6. The van der Waals surface area contributed by atoms with Gasteiger partial charge in [-0.1, -0.05) is 59.6 Å². The number of alkyl halides is 3. The molecule has 0 fully saturated rings. The summed E-state index contributed by atoms with van der Waals surface area (Å²) >= 11 is 12.3. The Bertz CT molecular complexity index is 1240. The number of nitrogens with zero attached hydrogens (tertiary/aromatic N) is 1. The Morgan fingerprint density at radius 2 is 1.31 bits per heavy atom. The Morgan fingerprint density at radius 1 is 0.833 bits per heavy atom. The molecule has 0 spiro atoms. The first-order valence-corrected chi connectivity index (χ1v) is 18.0. The zero-order chi connectivity index (χ0) is 31.3. The molecule has 4 nitrogen and oxygen atoms in total. The molecule has 0 aromatic heterocycles. The highest BCUT2D eigenvalue weighted by atomic mass is 35.5. The second-order valence-electron chi connectivity index (χ2n) is 11.6. The maximum atomic E-state index is 14.1. The van der Waals surface area contributed by atoms with Crippen LogP contribution in [-0.4, -0.2) is 52.0 Å². The van der Waals surface area contributed by atoms with E-state index in [9.17, 15) is 13.2 Å². The normalized spacial score (nSPS) is 15.0. The van der Waals surface area contributed by atoms with E-state index >= 15 is 0 Å². The van der Waals surface area contributed by atoms with Gasteiger partial charge >= 0.3 is 6.18 Å². The second-order valence-corrected chi connectivity index (χ2v) is 16.9. The fourth-order valence-corrected chi connectivity index (χ4v) is 6.59. The van der Waals surface area contributed by atoms with E-state index in [1.807, 2.05) is 60.7 Å². The Morgan fingerprint density at radius 3 is 1.71 bits per heavy atom. The van der Waals surface area contributed by atoms with E-state index in [2.05, 4.69) is 18.9 Å². The Kier molecular flexibility index (Phi) is 11.2. The van der Waals surface area contributed by atoms with Crippen molar-refractivity contribution >= 4 is 31.5 Å². The number of rotatable bonds is 13. The molecule has 0 radical (unpaired) electrons. The SMILES string of the molecule is COC(O[Si](C)(C)C)([C@H](C)Oc1ccc(CCCN(C)C(C)(c2ccc(Cl)cc2)c2ccc(Cl)cc2)cc1)C(F)(F)F. The Labute approximate surface area is 258 Å². The molecule has 42 heavy (non-hydrogen) atoms. The standard InChI is InChI=1S/C32H40Cl2F3NO3Si/c1-23(31(39-4,32(35,36)37)41-42(5,6)7)40-29-20-10-24(11-21-29)9-8-22-38(3)30(2,25-12-16-27(33)17-13-25)26-14-18-28(34)19-15-26/h10-21,23H,8-9,22H2,1-7H3/t23-,31?/m0/s1. The molecule has 0 bridgehead atoms. The first-order chi connectivity index (χ1) is 19.5. The summed E-state index contributed by atoms with van der Waals surface area (Å²) in [6.45, 7) is 9.32. The van der Waals surface area contributed by atoms with Crippen LogP contribution in [0.15, 0.2) is 72.8 Å². The smallest absolute Gasteiger partial charge is 0.446 e. The minimum Gasteiger partial charge on any atom is -0.485 e. The predicted molar refractivity (Wildman–Crippen MR) is 167 cm³/mol. The lowest BCUT2D eigenvalue weighted by atomic mass is 9.83. The van der Waals surface area contributed by atoms with Crippen LogP contribution in [0.4, 0.5) is 13.2 Å². The summed E-state index contributed by atoms with van der Waals surface area (Å²) in [5.74, 6) is -2.55. The second kappa shape index (κ2) is 13.7. The van der Waals surface area contributed by atoms with Crippen LogP contribution in [-0.2, 0) is 21.1 Å². The van der Waals surface area contributed by atoms with Crippen LogP contribution in [0.25, 0.3) is 0 Å². The van der Waals surface area contributed by atoms with Gasteiger partial charge in [-0.2, -0.15) is 13.2 Å². The zero-order valence-corrected chi connectivity index (χ0v) is 27.7. The lowest BCUT2D eigenvalue weighted by Gasteiger charge is -2.42. The van der Waals surface area contributed by atoms with Gasteiger partial charge in [0.2, 0.25) is 0 Å². The van der Waals surface area contributed by atoms with Crippen molar-refractivity contribution in [2.45, 2.75) is 69.9 Å². The molecular weight excluding hydrogens is 602 g/mol. The average molecular weight is 643 g/mol. The molecule has 0 saturated heterocycles. The molecule has 3 aromatic rings. The van der Waals surface area contributed by atoms with E-state index in [0.717, 1.165) is 43.2 Å². The van der Waals surface area contributed by atoms with E-state index in [0.29, 0.717) is 15.8 Å². The van der Waals surface area contributed by atoms with Crippen molar-refractivity contribution in [3.63, 3.8) is 0 Å². The maximum Gasteiger partial charge on any atom is 0.446 e. The molecule has 0 aliphatic rings. The van der Waals surface area contributed by atoms with Crippen molar-refractivity contribution in [2.24, 2.45) is 0 Å². The third kappa shape index (κ3) is 8.10. The summed E-state index contributed by atoms with van der Waals surface area (Å²) in [6, 6.07) is 22.9. The highest BCUT2D eigenvalue weighted by molar-refractivity contribution is 6.69. The summed E-state index contributed by atoms with van der Waals surface area (Å²) in [5, 5.41) is 1.35. The number of hydrogen-bond donors (Lipinski definition) is 0. The molecule has 3 rings (SSSR count). The van der Waals surface area contributed by atoms with Gasteiger partial charge in [0.15, 0.2) is 14.4 Å². The molecule has 0 N–H and O–H groups in total. The van der Waals surface area contributed by atoms with E-state index in [1.165, 1.54) is 6.92 Å². The van der Waals surface area contributed by atoms with E-state index in [1.54, 1.807) is 31.8 Å². The van der Waals surface area contributed by atoms with Gasteiger partial charge in [-0.25, -0.2) is 0 Å². The third-order valence-corrected chi connectivity index (χ3v) is 8.88. The van der Waals surface area contributed by atoms with Crippen LogP contribution in [0.5, 0.6) is 5.75 Å². The lowest BCUT2D eigenvalue weighted by Crippen LogP contribution is -2.62. The van der Waals surface area contributed by atoms with Crippen LogP contribution in [0, 0.1) is 0 Å². The van der Waals surface area contributed by atoms with Gasteiger partial charge in [0, 0.05) is 17.2 Å². The molecule has 0 amide bonds. The summed E-state index contributed by atoms with van der Waals surface area (Å²) in [7, 11) is 0.449. The van der Waals surface area contributed by atoms with Gasteiger partial charge in [0.05, 0.1) is 5.54 Å². The number of halogens is 5. The summed E-state index contributed by atoms with van der Waals surface area (Å²) in [4.78, 5) is 2.30. The lowest BCUT2D eigenvalue weighted by molar-refractivity contribution is -0.371. The van der Waals surface area contributed by atoms with Crippen LogP contribution in [0.1, 0.15) is 37.0 Å². The topological polar surface area (TPSA) is 30.9 Å². The number of hydrogen-bond acceptors (Lipinski definition) is 4. The minimum atomic E-state index is -4.78. The number of methoxy groups -OCH3 is 1. The molecule has 0 aliphatic carbocycles. The van der Waals surface area contributed by atoms with Crippen molar-refractivity contribution in [2.75, 3.05) is 20.7 Å². The van der Waals surface area contributed by atoms with Crippen LogP contribution in [0.2, 0.25) is 29.7 Å². The molecule has 230 valence electrons. The molecule has 0 aliphatic heterocycles. The molecule has 3 aromatic carbocycles. The van der Waals surface area contributed by atoms with Crippen LogP contribution < -0.4 is 4.74 Å². The van der Waals surface area contributed by atoms with E-state index < -0.39 is 31.9 Å². The van der Waals surface area contributed by atoms with Crippen molar-refractivity contribution in [3.05, 3.63) is 99.5 Å². The molecule has 0 heterocycles. The van der Waals surface area contributed by atoms with Gasteiger partial charge in [0.1, 0.15) is 5.75 Å². The molecular formula is C32H40Cl2F3NO3Si. The van der Waals surface area contributed by atoms with Gasteiger partial charge in [-0.05, 0) is 113 Å². The predicted octanol–water partition coefficient (Wildman–Crippen LogP) is 9.35. The molecule has 0 saturated carbocycles. The maximum absolute atomic E-state index is 14.1. The summed E-state index contributed by atoms with van der Waals surface area (Å²) in [6.07, 6.45) is -4.57. The van der Waals surface area contributed by atoms with Crippen LogP contribution >= 0.6 is 23.2 Å². The summed E-state index contributed by atoms with van der Waals surface area (Å²) in [5.41, 5.74) is 2.84. The van der Waals surface area contributed by atoms with Crippen molar-refractivity contribution in [1.29, 1.82) is 0 Å². The van der Waals surface area contributed by atoms with E-state index in [-0.39, 0.29) is 0 Å². The zero-order valence-electron chi connectivity index (χ0n) is 25.2. The fraction of sp³-hybridized carbons (Fsp3) is 0.438. The largest absolute Gasteiger partial charge is 0.485 e. The van der Waals surface area contributed by atoms with Crippen LogP contribution in [0.3, 0.4) is 0 Å². The first kappa shape index (κ1) is 34.4. The molecule has 1 unspecified atom stereocenters. The highest BCUT2D eigenvalue weighted by Crippen LogP contribution is 2.41. The number of ether oxygens (including phenoxy) is 2. The average Bonchev–Trinajstić information content (AvgIpc) is 2.91. The van der Waals surface area contributed by atoms with Crippen molar-refractivity contribution in [1.82, 2.24) is 4.90 Å². The molecule has 10 heteroatoms. The van der Waals surface area contributed by atoms with Gasteiger partial charge in [-0.3, -0.25) is 4.90 Å². The monoisotopic (exact) mass is 641 g/mol. The Hall–Kier alpha value is -2.07.